The third-order valence-corrected chi connectivity index (χ3v) is 11.9. The first-order valence-corrected chi connectivity index (χ1v) is 19.1. The molecule has 0 saturated heterocycles. The molecule has 0 fully saturated rings. The number of aromatic nitrogens is 4. The van der Waals surface area contributed by atoms with Crippen LogP contribution in [-0.4, -0.2) is 112 Å². The first-order valence-electron chi connectivity index (χ1n) is 19.1. The van der Waals surface area contributed by atoms with E-state index in [1.165, 1.54) is 78.0 Å². The lowest BCUT2D eigenvalue weighted by Crippen LogP contribution is -2.48. The summed E-state index contributed by atoms with van der Waals surface area (Å²) in [4.78, 5) is 11.7. The number of nitrogens with zero attached hydrogens (tertiary/aromatic N) is 4. The molecule has 2 aliphatic rings. The molecular formula is C44H40F6N4O9. The Morgan fingerprint density at radius 1 is 0.571 bits per heavy atom. The second kappa shape index (κ2) is 15.7. The van der Waals surface area contributed by atoms with Gasteiger partial charge in [0.2, 0.25) is 16.7 Å². The van der Waals surface area contributed by atoms with Crippen molar-refractivity contribution in [3.8, 4) is 44.5 Å². The summed E-state index contributed by atoms with van der Waals surface area (Å²) in [5.74, 6) is -1.52. The van der Waals surface area contributed by atoms with Crippen molar-refractivity contribution >= 4 is 5.97 Å². The van der Waals surface area contributed by atoms with Gasteiger partial charge in [0.1, 0.15) is 5.54 Å². The van der Waals surface area contributed by atoms with E-state index in [-0.39, 0.29) is 50.1 Å². The summed E-state index contributed by atoms with van der Waals surface area (Å²) >= 11 is 0. The Balaban J connectivity index is 0.000000189. The highest BCUT2D eigenvalue weighted by Crippen LogP contribution is 2.59. The molecule has 2 aliphatic carbocycles. The van der Waals surface area contributed by atoms with E-state index in [4.69, 9.17) is 0 Å². The SMILES string of the molecule is Cc1cc(-c2cnn(C(CO)(CO)C(=O)O)c2)c2c(c1)[C@@](O)(C(F)(F)F)c1ccccc1-2.Cc1cc(-c2cnn(C(CO)(CO)CO)c2)c2c(c1)[C@@](O)(C(F)(F)F)c1ccccc1-2. The zero-order valence-electron chi connectivity index (χ0n) is 33.3. The summed E-state index contributed by atoms with van der Waals surface area (Å²) < 4.78 is 86.8. The number of aliphatic hydroxyl groups is 7. The molecule has 19 heteroatoms. The number of aliphatic carboxylic acids is 1. The average molecular weight is 883 g/mol. The molecule has 63 heavy (non-hydrogen) atoms. The molecule has 4 aromatic carbocycles. The number of rotatable bonds is 10. The van der Waals surface area contributed by atoms with E-state index in [1.807, 2.05) is 0 Å². The fourth-order valence-electron chi connectivity index (χ4n) is 8.33. The van der Waals surface area contributed by atoms with Crippen molar-refractivity contribution in [1.82, 2.24) is 19.6 Å². The van der Waals surface area contributed by atoms with E-state index in [0.29, 0.717) is 27.8 Å². The van der Waals surface area contributed by atoms with Crippen LogP contribution in [0.5, 0.6) is 0 Å². The largest absolute Gasteiger partial charge is 0.479 e. The summed E-state index contributed by atoms with van der Waals surface area (Å²) in [5, 5.41) is 87.6. The quantitative estimate of drug-likeness (QED) is 0.0883. The second-order valence-corrected chi connectivity index (χ2v) is 15.7. The van der Waals surface area contributed by atoms with E-state index in [9.17, 15) is 72.0 Å². The fourth-order valence-corrected chi connectivity index (χ4v) is 8.33. The van der Waals surface area contributed by atoms with E-state index >= 15 is 0 Å². The highest BCUT2D eigenvalue weighted by Gasteiger charge is 2.62. The van der Waals surface area contributed by atoms with Gasteiger partial charge in [0.05, 0.1) is 45.4 Å². The van der Waals surface area contributed by atoms with Gasteiger partial charge in [-0.1, -0.05) is 83.9 Å². The van der Waals surface area contributed by atoms with E-state index in [0.717, 1.165) is 4.68 Å². The monoisotopic (exact) mass is 882 g/mol. The number of halogens is 6. The normalized spacial score (nSPS) is 18.0. The van der Waals surface area contributed by atoms with Gasteiger partial charge in [-0.15, -0.1) is 0 Å². The number of carboxylic acids is 1. The molecule has 0 aliphatic heterocycles. The first kappa shape index (κ1) is 45.1. The number of aliphatic hydroxyl groups excluding tert-OH is 5. The standard InChI is InChI=1S/C22H19F3N2O5.C22H21F3N2O4/c1-12-6-15(13-8-26-27(9-13)20(10-28,11-29)19(30)31)18-14-4-2-3-5-16(14)21(32,17(18)7-12)22(23,24)25;1-13-6-16(14-8-26-27(9-14)20(10-28,11-29)12-30)19-15-4-2-3-5-17(15)21(31,18(19)7-13)22(23,24)25/h2-9,28-29,32H,10-11H2,1H3,(H,30,31);2-9,28-31H,10-12H2,1H3/t2*21-/m11/s1. The minimum Gasteiger partial charge on any atom is -0.479 e. The lowest BCUT2D eigenvalue weighted by molar-refractivity contribution is -0.247. The van der Waals surface area contributed by atoms with Gasteiger partial charge in [-0.25, -0.2) is 9.48 Å². The number of hydrogen-bond donors (Lipinski definition) is 8. The molecule has 2 aromatic heterocycles. The second-order valence-electron chi connectivity index (χ2n) is 15.7. The molecule has 0 amide bonds. The predicted molar refractivity (Wildman–Crippen MR) is 213 cm³/mol. The third kappa shape index (κ3) is 6.64. The maximum Gasteiger partial charge on any atom is 0.425 e. The Hall–Kier alpha value is -5.93. The van der Waals surface area contributed by atoms with Crippen molar-refractivity contribution in [2.75, 3.05) is 33.0 Å². The smallest absolute Gasteiger partial charge is 0.425 e. The van der Waals surface area contributed by atoms with Crippen LogP contribution >= 0.6 is 0 Å². The van der Waals surface area contributed by atoms with Gasteiger partial charge in [0.15, 0.2) is 0 Å². The molecule has 0 bridgehead atoms. The number of alkyl halides is 6. The summed E-state index contributed by atoms with van der Waals surface area (Å²) in [6.07, 6.45) is -4.61. The summed E-state index contributed by atoms with van der Waals surface area (Å²) in [7, 11) is 0. The van der Waals surface area contributed by atoms with Gasteiger partial charge >= 0.3 is 18.3 Å². The first-order chi connectivity index (χ1) is 29.6. The van der Waals surface area contributed by atoms with E-state index in [2.05, 4.69) is 10.2 Å². The van der Waals surface area contributed by atoms with Crippen LogP contribution in [0.4, 0.5) is 26.3 Å². The molecule has 2 heterocycles. The predicted octanol–water partition coefficient (Wildman–Crippen LogP) is 4.71. The van der Waals surface area contributed by atoms with Gasteiger partial charge in [-0.3, -0.25) is 4.68 Å². The molecule has 0 radical (unpaired) electrons. The number of benzene rings is 4. The molecule has 8 rings (SSSR count). The van der Waals surface area contributed by atoms with Gasteiger partial charge in [0, 0.05) is 45.8 Å². The summed E-state index contributed by atoms with van der Waals surface area (Å²) in [5.41, 5.74) is -7.91. The van der Waals surface area contributed by atoms with Crippen LogP contribution < -0.4 is 0 Å². The molecule has 13 nitrogen and oxygen atoms in total. The number of carbonyl (C=O) groups is 1. The van der Waals surface area contributed by atoms with Crippen LogP contribution in [0.15, 0.2) is 97.6 Å². The van der Waals surface area contributed by atoms with Crippen LogP contribution in [-0.2, 0) is 27.1 Å². The molecule has 2 atom stereocenters. The maximum atomic E-state index is 14.1. The molecule has 332 valence electrons. The zero-order chi connectivity index (χ0) is 46.1. The van der Waals surface area contributed by atoms with Crippen molar-refractivity contribution in [1.29, 1.82) is 0 Å². The van der Waals surface area contributed by atoms with Crippen molar-refractivity contribution in [2.24, 2.45) is 0 Å². The third-order valence-electron chi connectivity index (χ3n) is 11.9. The highest BCUT2D eigenvalue weighted by atomic mass is 19.4. The molecule has 8 N–H and O–H groups in total. The minimum atomic E-state index is -4.99. The lowest BCUT2D eigenvalue weighted by Gasteiger charge is -2.28. The summed E-state index contributed by atoms with van der Waals surface area (Å²) in [6, 6.07) is 17.4. The molecule has 0 spiro atoms. The summed E-state index contributed by atoms with van der Waals surface area (Å²) in [6.45, 7) is -0.480. The average Bonchev–Trinajstić information content (AvgIpc) is 4.04. The van der Waals surface area contributed by atoms with E-state index in [1.54, 1.807) is 38.1 Å². The number of fused-ring (bicyclic) bond motifs is 6. The van der Waals surface area contributed by atoms with Crippen molar-refractivity contribution < 1.29 is 72.0 Å². The molecule has 6 aromatic rings. The van der Waals surface area contributed by atoms with Crippen LogP contribution in [0.2, 0.25) is 0 Å². The number of hydrogen-bond acceptors (Lipinski definition) is 10. The maximum absolute atomic E-state index is 14.1. The molecule has 0 saturated carbocycles. The van der Waals surface area contributed by atoms with Gasteiger partial charge in [-0.05, 0) is 47.2 Å². The number of aryl methyl sites for hydroxylation is 2. The van der Waals surface area contributed by atoms with Crippen molar-refractivity contribution in [2.45, 2.75) is 48.5 Å². The van der Waals surface area contributed by atoms with Crippen LogP contribution in [0.1, 0.15) is 33.4 Å². The molecular weight excluding hydrogens is 842 g/mol. The fraction of sp³-hybridized carbons (Fsp3) is 0.295. The van der Waals surface area contributed by atoms with Crippen molar-refractivity contribution in [3.05, 3.63) is 131 Å². The van der Waals surface area contributed by atoms with E-state index < -0.39 is 73.6 Å². The Bertz CT molecular complexity index is 2710. The minimum absolute atomic E-state index is 0.152. The Morgan fingerprint density at radius 3 is 1.32 bits per heavy atom. The van der Waals surface area contributed by atoms with Crippen LogP contribution in [0.25, 0.3) is 44.5 Å². The van der Waals surface area contributed by atoms with Gasteiger partial charge < -0.3 is 40.9 Å². The Kier molecular flexibility index (Phi) is 11.2. The van der Waals surface area contributed by atoms with Crippen molar-refractivity contribution in [3.63, 3.8) is 0 Å². The lowest BCUT2D eigenvalue weighted by atomic mass is 9.88. The van der Waals surface area contributed by atoms with Crippen LogP contribution in [0.3, 0.4) is 0 Å². The number of carboxylic acid groups (broad SMARTS) is 1. The van der Waals surface area contributed by atoms with Gasteiger partial charge in [-0.2, -0.15) is 36.5 Å². The highest BCUT2D eigenvalue weighted by molar-refractivity contribution is 5.94. The zero-order valence-corrected chi connectivity index (χ0v) is 33.3. The van der Waals surface area contributed by atoms with Gasteiger partial charge in [0.25, 0.3) is 0 Å². The Labute approximate surface area is 354 Å². The topological polar surface area (TPSA) is 215 Å². The van der Waals surface area contributed by atoms with Crippen LogP contribution in [0, 0.1) is 13.8 Å². The molecule has 0 unspecified atom stereocenters. The Morgan fingerprint density at radius 2 is 0.952 bits per heavy atom.